The molecular weight excluding hydrogens is 463 g/mol. The van der Waals surface area contributed by atoms with Crippen molar-refractivity contribution in [1.82, 2.24) is 4.98 Å². The van der Waals surface area contributed by atoms with Crippen molar-refractivity contribution in [3.8, 4) is 5.75 Å². The molecule has 2 heterocycles. The van der Waals surface area contributed by atoms with Gasteiger partial charge in [-0.25, -0.2) is 0 Å². The number of carbonyl (C=O) groups is 2. The van der Waals surface area contributed by atoms with Crippen LogP contribution in [0.4, 0.5) is 5.69 Å². The van der Waals surface area contributed by atoms with Crippen molar-refractivity contribution in [2.45, 2.75) is 19.9 Å². The zero-order chi connectivity index (χ0) is 23.7. The number of carbonyl (C=O) groups excluding carboxylic acids is 2. The van der Waals surface area contributed by atoms with Crippen LogP contribution in [0.25, 0.3) is 5.76 Å². The maximum atomic E-state index is 13.2. The molecule has 1 aliphatic rings. The fourth-order valence-electron chi connectivity index (χ4n) is 3.85. The summed E-state index contributed by atoms with van der Waals surface area (Å²) in [5.41, 5.74) is 2.04. The van der Waals surface area contributed by atoms with Gasteiger partial charge in [-0.2, -0.15) is 0 Å². The molecule has 6 nitrogen and oxygen atoms in total. The first-order valence-electron chi connectivity index (χ1n) is 10.2. The number of nitrogens with zero attached hydrogens (tertiary/aromatic N) is 2. The highest BCUT2D eigenvalue weighted by atomic mass is 35.5. The van der Waals surface area contributed by atoms with E-state index < -0.39 is 17.7 Å². The van der Waals surface area contributed by atoms with Crippen molar-refractivity contribution >= 4 is 46.3 Å². The molecule has 1 N–H and O–H groups in total. The monoisotopic (exact) mass is 482 g/mol. The SMILES string of the molecule is CCOc1cc(/C(O)=C2\C(=O)C(=O)N(c3cc(Cl)ccc3C)C2c2cccnc2)ccc1Cl. The first-order chi connectivity index (χ1) is 15.8. The van der Waals surface area contributed by atoms with Crippen LogP contribution in [-0.2, 0) is 9.59 Å². The zero-order valence-corrected chi connectivity index (χ0v) is 19.4. The number of aliphatic hydroxyl groups is 1. The Hall–Kier alpha value is -3.35. The summed E-state index contributed by atoms with van der Waals surface area (Å²) in [7, 11) is 0. The van der Waals surface area contributed by atoms with Gasteiger partial charge in [-0.05, 0) is 61.4 Å². The summed E-state index contributed by atoms with van der Waals surface area (Å²) in [6, 6.07) is 12.3. The molecule has 33 heavy (non-hydrogen) atoms. The molecule has 1 aromatic heterocycles. The number of aromatic nitrogens is 1. The average molecular weight is 483 g/mol. The number of hydrogen-bond acceptors (Lipinski definition) is 5. The van der Waals surface area contributed by atoms with Crippen molar-refractivity contribution in [2.24, 2.45) is 0 Å². The highest BCUT2D eigenvalue weighted by Gasteiger charge is 2.47. The van der Waals surface area contributed by atoms with Crippen molar-refractivity contribution in [3.05, 3.63) is 93.2 Å². The third-order valence-corrected chi connectivity index (χ3v) is 5.93. The van der Waals surface area contributed by atoms with E-state index >= 15 is 0 Å². The lowest BCUT2D eigenvalue weighted by Gasteiger charge is -2.26. The van der Waals surface area contributed by atoms with Crippen LogP contribution in [-0.4, -0.2) is 28.4 Å². The van der Waals surface area contributed by atoms with E-state index in [4.69, 9.17) is 27.9 Å². The highest BCUT2D eigenvalue weighted by Crippen LogP contribution is 2.44. The lowest BCUT2D eigenvalue weighted by atomic mass is 9.96. The molecule has 1 atom stereocenters. The highest BCUT2D eigenvalue weighted by molar-refractivity contribution is 6.52. The van der Waals surface area contributed by atoms with Crippen LogP contribution in [0.3, 0.4) is 0 Å². The molecule has 2 aromatic carbocycles. The summed E-state index contributed by atoms with van der Waals surface area (Å²) < 4.78 is 5.52. The molecule has 1 fully saturated rings. The van der Waals surface area contributed by atoms with Crippen molar-refractivity contribution < 1.29 is 19.4 Å². The van der Waals surface area contributed by atoms with Gasteiger partial charge in [-0.3, -0.25) is 19.5 Å². The molecule has 4 rings (SSSR count). The Balaban J connectivity index is 1.95. The molecule has 3 aromatic rings. The molecule has 168 valence electrons. The van der Waals surface area contributed by atoms with Crippen molar-refractivity contribution in [3.63, 3.8) is 0 Å². The molecule has 1 saturated heterocycles. The van der Waals surface area contributed by atoms with Crippen LogP contribution < -0.4 is 9.64 Å². The standard InChI is InChI=1S/C25H20Cl2N2O4/c1-3-33-20-11-15(7-9-18(20)27)23(30)21-22(16-5-4-10-28-13-16)29(25(32)24(21)31)19-12-17(26)8-6-14(19)2/h4-13,22,30H,3H2,1-2H3/b23-21+. The molecule has 8 heteroatoms. The van der Waals surface area contributed by atoms with Gasteiger partial charge in [0.1, 0.15) is 11.5 Å². The Bertz CT molecular complexity index is 1270. The van der Waals surface area contributed by atoms with Crippen LogP contribution in [0.15, 0.2) is 66.5 Å². The number of benzene rings is 2. The number of amides is 1. The molecule has 0 aliphatic carbocycles. The van der Waals surface area contributed by atoms with E-state index in [-0.39, 0.29) is 11.3 Å². The zero-order valence-electron chi connectivity index (χ0n) is 17.9. The predicted molar refractivity (Wildman–Crippen MR) is 128 cm³/mol. The Kier molecular flexibility index (Phi) is 6.40. The number of anilines is 1. The number of halogens is 2. The smallest absolute Gasteiger partial charge is 0.300 e. The normalized spacial score (nSPS) is 17.5. The Morgan fingerprint density at radius 3 is 2.64 bits per heavy atom. The minimum absolute atomic E-state index is 0.0582. The van der Waals surface area contributed by atoms with Gasteiger partial charge in [-0.15, -0.1) is 0 Å². The second-order valence-electron chi connectivity index (χ2n) is 7.46. The van der Waals surface area contributed by atoms with E-state index in [1.54, 1.807) is 60.9 Å². The number of Topliss-reactive ketones (excluding diaryl/α,β-unsaturated/α-hetero) is 1. The quantitative estimate of drug-likeness (QED) is 0.285. The first kappa shape index (κ1) is 22.8. The average Bonchev–Trinajstić information content (AvgIpc) is 3.07. The van der Waals surface area contributed by atoms with Crippen LogP contribution >= 0.6 is 23.2 Å². The molecule has 1 aliphatic heterocycles. The lowest BCUT2D eigenvalue weighted by molar-refractivity contribution is -0.132. The molecule has 0 bridgehead atoms. The fraction of sp³-hybridized carbons (Fsp3) is 0.160. The molecule has 0 radical (unpaired) electrons. The van der Waals surface area contributed by atoms with E-state index in [1.165, 1.54) is 4.90 Å². The minimum Gasteiger partial charge on any atom is -0.507 e. The summed E-state index contributed by atoms with van der Waals surface area (Å²) >= 11 is 12.4. The van der Waals surface area contributed by atoms with Crippen LogP contribution in [0.2, 0.25) is 10.0 Å². The summed E-state index contributed by atoms with van der Waals surface area (Å²) in [6.07, 6.45) is 3.15. The van der Waals surface area contributed by atoms with Gasteiger partial charge < -0.3 is 9.84 Å². The molecule has 0 saturated carbocycles. The van der Waals surface area contributed by atoms with Crippen LogP contribution in [0.1, 0.15) is 29.7 Å². The number of ketones is 1. The second-order valence-corrected chi connectivity index (χ2v) is 8.31. The molecule has 0 spiro atoms. The van der Waals surface area contributed by atoms with E-state index in [1.807, 2.05) is 13.8 Å². The number of pyridine rings is 1. The molecule has 1 unspecified atom stereocenters. The van der Waals surface area contributed by atoms with Crippen LogP contribution in [0, 0.1) is 6.92 Å². The lowest BCUT2D eigenvalue weighted by Crippen LogP contribution is -2.30. The number of ether oxygens (including phenoxy) is 1. The van der Waals surface area contributed by atoms with Crippen molar-refractivity contribution in [1.29, 1.82) is 0 Å². The van der Waals surface area contributed by atoms with Gasteiger partial charge in [0.25, 0.3) is 11.7 Å². The van der Waals surface area contributed by atoms with Gasteiger partial charge in [0, 0.05) is 28.7 Å². The van der Waals surface area contributed by atoms with E-state index in [2.05, 4.69) is 4.98 Å². The predicted octanol–water partition coefficient (Wildman–Crippen LogP) is 5.72. The third-order valence-electron chi connectivity index (χ3n) is 5.38. The van der Waals surface area contributed by atoms with E-state index in [0.717, 1.165) is 5.56 Å². The third kappa shape index (κ3) is 4.19. The minimum atomic E-state index is -0.901. The van der Waals surface area contributed by atoms with Gasteiger partial charge in [0.05, 0.1) is 23.2 Å². The van der Waals surface area contributed by atoms with Gasteiger partial charge >= 0.3 is 0 Å². The van der Waals surface area contributed by atoms with E-state index in [0.29, 0.717) is 39.2 Å². The first-order valence-corrected chi connectivity index (χ1v) is 11.0. The number of rotatable bonds is 5. The molecular formula is C25H20Cl2N2O4. The summed E-state index contributed by atoms with van der Waals surface area (Å²) in [4.78, 5) is 32.0. The Morgan fingerprint density at radius 1 is 1.15 bits per heavy atom. The number of aliphatic hydroxyl groups excluding tert-OH is 1. The second kappa shape index (κ2) is 9.25. The van der Waals surface area contributed by atoms with Gasteiger partial charge in [0.15, 0.2) is 0 Å². The largest absolute Gasteiger partial charge is 0.507 e. The van der Waals surface area contributed by atoms with E-state index in [9.17, 15) is 14.7 Å². The fourth-order valence-corrected chi connectivity index (χ4v) is 4.19. The van der Waals surface area contributed by atoms with Gasteiger partial charge in [-0.1, -0.05) is 35.3 Å². The summed E-state index contributed by atoms with van der Waals surface area (Å²) in [5, 5.41) is 12.0. The Morgan fingerprint density at radius 2 is 1.94 bits per heavy atom. The number of hydrogen-bond donors (Lipinski definition) is 1. The molecule has 1 amide bonds. The topological polar surface area (TPSA) is 79.7 Å². The summed E-state index contributed by atoms with van der Waals surface area (Å²) in [5.74, 6) is -1.55. The number of aryl methyl sites for hydroxylation is 1. The maximum absolute atomic E-state index is 13.2. The van der Waals surface area contributed by atoms with Crippen molar-refractivity contribution in [2.75, 3.05) is 11.5 Å². The van der Waals surface area contributed by atoms with Gasteiger partial charge in [0.2, 0.25) is 0 Å². The van der Waals surface area contributed by atoms with Crippen LogP contribution in [0.5, 0.6) is 5.75 Å². The Labute approximate surface area is 201 Å². The summed E-state index contributed by atoms with van der Waals surface area (Å²) in [6.45, 7) is 4.00. The maximum Gasteiger partial charge on any atom is 0.300 e.